The van der Waals surface area contributed by atoms with Gasteiger partial charge < -0.3 is 15.0 Å². The van der Waals surface area contributed by atoms with Crippen molar-refractivity contribution in [1.29, 1.82) is 0 Å². The lowest BCUT2D eigenvalue weighted by atomic mass is 10.1. The monoisotopic (exact) mass is 322 g/mol. The molecule has 3 rings (SSSR count). The first-order chi connectivity index (χ1) is 11.0. The van der Waals surface area contributed by atoms with Gasteiger partial charge in [0.25, 0.3) is 0 Å². The number of aryl methyl sites for hydroxylation is 1. The number of aromatic nitrogens is 2. The first-order valence-electron chi connectivity index (χ1n) is 8.34. The van der Waals surface area contributed by atoms with Gasteiger partial charge in [-0.3, -0.25) is 9.89 Å². The second-order valence-corrected chi connectivity index (χ2v) is 6.48. The normalized spacial score (nSPS) is 19.5. The van der Waals surface area contributed by atoms with Crippen molar-refractivity contribution in [1.82, 2.24) is 20.4 Å². The highest BCUT2D eigenvalue weighted by molar-refractivity contribution is 5.56. The van der Waals surface area contributed by atoms with Crippen molar-refractivity contribution in [2.45, 2.75) is 52.0 Å². The maximum absolute atomic E-state index is 10.2. The molecule has 1 aliphatic heterocycles. The van der Waals surface area contributed by atoms with Crippen molar-refractivity contribution in [2.24, 2.45) is 5.92 Å². The molecule has 0 spiro atoms. The van der Waals surface area contributed by atoms with Crippen LogP contribution < -0.4 is 5.32 Å². The molecule has 1 saturated carbocycles. The first-order valence-corrected chi connectivity index (χ1v) is 8.34. The van der Waals surface area contributed by atoms with E-state index in [1.165, 1.54) is 0 Å². The number of H-pyrrole nitrogens is 1. The number of rotatable bonds is 4. The van der Waals surface area contributed by atoms with Crippen LogP contribution in [0.5, 0.6) is 0 Å². The number of aromatic amines is 1. The van der Waals surface area contributed by atoms with E-state index in [2.05, 4.69) is 35.4 Å². The quantitative estimate of drug-likeness (QED) is 0.830. The fraction of sp³-hybridized carbons (Fsp3) is 0.706. The highest BCUT2D eigenvalue weighted by atomic mass is 16.1. The maximum atomic E-state index is 10.2. The summed E-state index contributed by atoms with van der Waals surface area (Å²) < 4.78 is 0. The molecule has 0 bridgehead atoms. The Bertz CT molecular complexity index is 469. The number of amides is 1. The lowest BCUT2D eigenvalue weighted by Gasteiger charge is -2.07. The van der Waals surface area contributed by atoms with Crippen LogP contribution in [0.1, 0.15) is 50.4 Å². The van der Waals surface area contributed by atoms with E-state index in [1.54, 1.807) is 4.90 Å². The second kappa shape index (κ2) is 10.2. The number of aldehydes is 1. The second-order valence-electron chi connectivity index (χ2n) is 6.48. The van der Waals surface area contributed by atoms with Gasteiger partial charge in [0.2, 0.25) is 6.41 Å². The molecule has 6 heteroatoms. The third kappa shape index (κ3) is 7.93. The van der Waals surface area contributed by atoms with Crippen molar-refractivity contribution < 1.29 is 9.59 Å². The number of hydrogen-bond donors (Lipinski definition) is 2. The van der Waals surface area contributed by atoms with Crippen molar-refractivity contribution in [2.75, 3.05) is 20.1 Å². The Morgan fingerprint density at radius 3 is 2.26 bits per heavy atom. The van der Waals surface area contributed by atoms with Gasteiger partial charge in [0.05, 0.1) is 5.69 Å². The van der Waals surface area contributed by atoms with Crippen LogP contribution in [0.2, 0.25) is 0 Å². The molecular weight excluding hydrogens is 292 g/mol. The van der Waals surface area contributed by atoms with Gasteiger partial charge in [-0.2, -0.15) is 5.10 Å². The zero-order valence-corrected chi connectivity index (χ0v) is 14.7. The summed E-state index contributed by atoms with van der Waals surface area (Å²) in [6.07, 6.45) is 5.32. The van der Waals surface area contributed by atoms with E-state index < -0.39 is 0 Å². The van der Waals surface area contributed by atoms with Crippen LogP contribution in [-0.2, 0) is 9.59 Å². The number of nitrogens with one attached hydrogen (secondary N) is 2. The van der Waals surface area contributed by atoms with Gasteiger partial charge in [-0.1, -0.05) is 13.8 Å². The summed E-state index contributed by atoms with van der Waals surface area (Å²) in [5, 5.41) is 10.1. The van der Waals surface area contributed by atoms with E-state index in [0.29, 0.717) is 17.9 Å². The molecule has 0 aromatic carbocycles. The number of carbonyl (C=O) groups excluding carboxylic acids is 2. The number of likely N-dealkylation sites (N-methyl/N-ethyl adjacent to an activating group) is 1. The van der Waals surface area contributed by atoms with Crippen LogP contribution in [-0.4, -0.2) is 54.0 Å². The lowest BCUT2D eigenvalue weighted by molar-refractivity contribution is -0.117. The lowest BCUT2D eigenvalue weighted by Crippen LogP contribution is -2.28. The summed E-state index contributed by atoms with van der Waals surface area (Å²) in [4.78, 5) is 21.5. The van der Waals surface area contributed by atoms with Crippen LogP contribution in [0, 0.1) is 12.8 Å². The fourth-order valence-electron chi connectivity index (χ4n) is 2.09. The molecule has 130 valence electrons. The Balaban J connectivity index is 0.000000180. The summed E-state index contributed by atoms with van der Waals surface area (Å²) >= 11 is 0. The smallest absolute Gasteiger partial charge is 0.209 e. The SMILES string of the molecule is CN[C@H]1CCN(C=O)C1.Cc1cc(C(C)C)n[nH]1.O=CC1CC1. The molecule has 23 heavy (non-hydrogen) atoms. The Hall–Kier alpha value is -1.69. The van der Waals surface area contributed by atoms with E-state index in [-0.39, 0.29) is 0 Å². The maximum Gasteiger partial charge on any atom is 0.209 e. The van der Waals surface area contributed by atoms with Gasteiger partial charge in [0.15, 0.2) is 0 Å². The van der Waals surface area contributed by atoms with Gasteiger partial charge in [0, 0.05) is 30.7 Å². The Kier molecular flexibility index (Phi) is 8.55. The minimum Gasteiger partial charge on any atom is -0.344 e. The first kappa shape index (κ1) is 19.4. The third-order valence-corrected chi connectivity index (χ3v) is 3.91. The summed E-state index contributed by atoms with van der Waals surface area (Å²) in [7, 11) is 1.93. The molecule has 2 heterocycles. The molecule has 0 unspecified atom stereocenters. The van der Waals surface area contributed by atoms with E-state index in [4.69, 9.17) is 0 Å². The van der Waals surface area contributed by atoms with Gasteiger partial charge in [-0.15, -0.1) is 0 Å². The van der Waals surface area contributed by atoms with Gasteiger partial charge in [0.1, 0.15) is 6.29 Å². The predicted octanol–water partition coefficient (Wildman–Crippen LogP) is 1.87. The Labute approximate surface area is 139 Å². The number of hydrogen-bond acceptors (Lipinski definition) is 4. The molecule has 1 amide bonds. The molecule has 2 N–H and O–H groups in total. The molecule has 1 aromatic rings. The number of carbonyl (C=O) groups is 2. The summed E-state index contributed by atoms with van der Waals surface area (Å²) in [6, 6.07) is 2.60. The molecule has 2 fully saturated rings. The van der Waals surface area contributed by atoms with E-state index >= 15 is 0 Å². The minimum absolute atomic E-state index is 0.454. The highest BCUT2D eigenvalue weighted by Crippen LogP contribution is 2.25. The molecule has 6 nitrogen and oxygen atoms in total. The number of nitrogens with zero attached hydrogens (tertiary/aromatic N) is 2. The summed E-state index contributed by atoms with van der Waals surface area (Å²) in [5.74, 6) is 0.991. The summed E-state index contributed by atoms with van der Waals surface area (Å²) in [6.45, 7) is 8.07. The van der Waals surface area contributed by atoms with Gasteiger partial charge in [-0.05, 0) is 45.2 Å². The fourth-order valence-corrected chi connectivity index (χ4v) is 2.09. The molecule has 1 atom stereocenters. The molecule has 2 aliphatic rings. The van der Waals surface area contributed by atoms with Crippen molar-refractivity contribution in [3.63, 3.8) is 0 Å². The summed E-state index contributed by atoms with van der Waals surface area (Å²) in [5.41, 5.74) is 2.28. The minimum atomic E-state index is 0.454. The topological polar surface area (TPSA) is 78.1 Å². The molecule has 1 aromatic heterocycles. The van der Waals surface area contributed by atoms with Gasteiger partial charge >= 0.3 is 0 Å². The predicted molar refractivity (Wildman–Crippen MR) is 91.3 cm³/mol. The highest BCUT2D eigenvalue weighted by Gasteiger charge is 2.19. The number of likely N-dealkylation sites (tertiary alicyclic amines) is 1. The zero-order chi connectivity index (χ0) is 17.2. The van der Waals surface area contributed by atoms with Crippen LogP contribution >= 0.6 is 0 Å². The molecule has 0 radical (unpaired) electrons. The van der Waals surface area contributed by atoms with Crippen LogP contribution in [0.3, 0.4) is 0 Å². The molecule has 1 saturated heterocycles. The largest absolute Gasteiger partial charge is 0.344 e. The molecule has 1 aliphatic carbocycles. The molecular formula is C17H30N4O2. The zero-order valence-electron chi connectivity index (χ0n) is 14.7. The van der Waals surface area contributed by atoms with Crippen molar-refractivity contribution in [3.05, 3.63) is 17.5 Å². The van der Waals surface area contributed by atoms with E-state index in [1.807, 2.05) is 14.0 Å². The Morgan fingerprint density at radius 1 is 1.35 bits per heavy atom. The average Bonchev–Trinajstić information content (AvgIpc) is 3.10. The van der Waals surface area contributed by atoms with E-state index in [0.717, 1.165) is 56.4 Å². The third-order valence-electron chi connectivity index (χ3n) is 3.91. The van der Waals surface area contributed by atoms with Crippen molar-refractivity contribution >= 4 is 12.7 Å². The van der Waals surface area contributed by atoms with Crippen LogP contribution in [0.25, 0.3) is 0 Å². The van der Waals surface area contributed by atoms with Crippen LogP contribution in [0.4, 0.5) is 0 Å². The standard InChI is InChI=1S/C7H12N2.C6H12N2O.C4H6O/c1-5(2)7-4-6(3)8-9-7;1-7-6-2-3-8(4-6)5-9;5-3-4-1-2-4/h4-5H,1-3H3,(H,8,9);5-7H,2-4H2,1H3;3-4H,1-2H2/t;6-;/m.0./s1. The van der Waals surface area contributed by atoms with Gasteiger partial charge in [-0.25, -0.2) is 0 Å². The Morgan fingerprint density at radius 2 is 2.04 bits per heavy atom. The van der Waals surface area contributed by atoms with Crippen molar-refractivity contribution in [3.8, 4) is 0 Å². The average molecular weight is 322 g/mol. The van der Waals surface area contributed by atoms with E-state index in [9.17, 15) is 9.59 Å². The van der Waals surface area contributed by atoms with Crippen LogP contribution in [0.15, 0.2) is 6.07 Å².